The van der Waals surface area contributed by atoms with Gasteiger partial charge in [0.25, 0.3) is 0 Å². The number of benzene rings is 2. The van der Waals surface area contributed by atoms with E-state index in [1.807, 2.05) is 55.4 Å². The first-order valence-electron chi connectivity index (χ1n) is 8.23. The topological polar surface area (TPSA) is 51.2 Å². The van der Waals surface area contributed by atoms with E-state index < -0.39 is 0 Å². The Labute approximate surface area is 153 Å². The van der Waals surface area contributed by atoms with E-state index in [9.17, 15) is 5.11 Å². The van der Waals surface area contributed by atoms with E-state index in [1.54, 1.807) is 27.4 Å². The summed E-state index contributed by atoms with van der Waals surface area (Å²) in [7, 11) is 8.67. The lowest BCUT2D eigenvalue weighted by Gasteiger charge is -2.20. The molecule has 0 heterocycles. The lowest BCUT2D eigenvalue weighted by Crippen LogP contribution is -2.08. The van der Waals surface area contributed by atoms with Crippen LogP contribution in [0.5, 0.6) is 23.0 Å². The fraction of sp³-hybridized carbons (Fsp3) is 0.238. The first kappa shape index (κ1) is 17.7. The number of phenols is 1. The van der Waals surface area contributed by atoms with Gasteiger partial charge in [-0.05, 0) is 53.1 Å². The molecular formula is C21H23NO4. The maximum absolute atomic E-state index is 10.3. The van der Waals surface area contributed by atoms with Gasteiger partial charge >= 0.3 is 0 Å². The fourth-order valence-corrected chi connectivity index (χ4v) is 2.93. The van der Waals surface area contributed by atoms with Gasteiger partial charge in [0.05, 0.1) is 21.3 Å². The molecule has 0 radical (unpaired) electrons. The van der Waals surface area contributed by atoms with Gasteiger partial charge in [-0.25, -0.2) is 0 Å². The van der Waals surface area contributed by atoms with Gasteiger partial charge in [-0.3, -0.25) is 0 Å². The average molecular weight is 353 g/mol. The van der Waals surface area contributed by atoms with Crippen LogP contribution in [0.3, 0.4) is 0 Å². The van der Waals surface area contributed by atoms with Crippen molar-refractivity contribution < 1.29 is 19.3 Å². The van der Waals surface area contributed by atoms with Gasteiger partial charge in [-0.2, -0.15) is 0 Å². The summed E-state index contributed by atoms with van der Waals surface area (Å²) >= 11 is 0. The Bertz CT molecular complexity index is 872. The van der Waals surface area contributed by atoms with Gasteiger partial charge in [0.1, 0.15) is 5.75 Å². The Balaban J connectivity index is 1.89. The second-order valence-electron chi connectivity index (χ2n) is 6.21. The molecule has 136 valence electrons. The summed E-state index contributed by atoms with van der Waals surface area (Å²) < 4.78 is 16.2. The van der Waals surface area contributed by atoms with Crippen LogP contribution in [0.15, 0.2) is 42.5 Å². The van der Waals surface area contributed by atoms with Crippen LogP contribution in [-0.4, -0.2) is 40.5 Å². The molecule has 2 aromatic rings. The number of rotatable bonds is 6. The van der Waals surface area contributed by atoms with Crippen molar-refractivity contribution in [1.29, 1.82) is 0 Å². The molecule has 0 amide bonds. The summed E-state index contributed by atoms with van der Waals surface area (Å²) in [5.41, 5.74) is 4.76. The molecule has 0 spiro atoms. The molecule has 0 saturated carbocycles. The predicted octanol–water partition coefficient (Wildman–Crippen LogP) is 3.96. The maximum atomic E-state index is 10.3. The summed E-state index contributed by atoms with van der Waals surface area (Å²) in [5.74, 6) is 2.06. The third-order valence-electron chi connectivity index (χ3n) is 4.43. The normalized spacial score (nSPS) is 12.7. The molecule has 1 N–H and O–H groups in total. The first-order valence-corrected chi connectivity index (χ1v) is 8.23. The van der Waals surface area contributed by atoms with Crippen molar-refractivity contribution in [1.82, 2.24) is 0 Å². The second kappa shape index (κ2) is 7.04. The predicted molar refractivity (Wildman–Crippen MR) is 104 cm³/mol. The van der Waals surface area contributed by atoms with Crippen molar-refractivity contribution in [2.24, 2.45) is 0 Å². The molecular weight excluding hydrogens is 330 g/mol. The Hall–Kier alpha value is -3.08. The highest BCUT2D eigenvalue weighted by Gasteiger charge is 2.19. The van der Waals surface area contributed by atoms with E-state index in [2.05, 4.69) is 0 Å². The highest BCUT2D eigenvalue weighted by molar-refractivity contribution is 6.02. The molecule has 26 heavy (non-hydrogen) atoms. The number of phenolic OH excluding ortho intramolecular Hbond substituents is 1. The van der Waals surface area contributed by atoms with Gasteiger partial charge < -0.3 is 24.2 Å². The molecule has 0 unspecified atom stereocenters. The number of hydrogen-bond donors (Lipinski definition) is 1. The largest absolute Gasteiger partial charge is 0.507 e. The Kier molecular flexibility index (Phi) is 4.80. The van der Waals surface area contributed by atoms with Crippen LogP contribution < -0.4 is 19.1 Å². The van der Waals surface area contributed by atoms with Crippen molar-refractivity contribution in [3.8, 4) is 23.0 Å². The maximum Gasteiger partial charge on any atom is 0.203 e. The van der Waals surface area contributed by atoms with Crippen LogP contribution in [-0.2, 0) is 0 Å². The van der Waals surface area contributed by atoms with E-state index in [0.29, 0.717) is 17.2 Å². The zero-order chi connectivity index (χ0) is 18.8. The van der Waals surface area contributed by atoms with Crippen molar-refractivity contribution in [3.63, 3.8) is 0 Å². The molecule has 2 aromatic carbocycles. The molecule has 0 saturated heterocycles. The summed E-state index contributed by atoms with van der Waals surface area (Å²) in [5, 5.41) is 10.3. The minimum Gasteiger partial charge on any atom is -0.507 e. The number of methoxy groups -OCH3 is 3. The lowest BCUT2D eigenvalue weighted by atomic mass is 9.88. The monoisotopic (exact) mass is 353 g/mol. The van der Waals surface area contributed by atoms with Crippen molar-refractivity contribution >= 4 is 16.8 Å². The summed E-state index contributed by atoms with van der Waals surface area (Å²) in [4.78, 5) is 1.95. The van der Waals surface area contributed by atoms with Crippen molar-refractivity contribution in [2.75, 3.05) is 40.3 Å². The molecule has 0 fully saturated rings. The van der Waals surface area contributed by atoms with E-state index >= 15 is 0 Å². The Morgan fingerprint density at radius 2 is 1.42 bits per heavy atom. The minimum absolute atomic E-state index is 0.266. The number of hydrogen-bond acceptors (Lipinski definition) is 5. The molecule has 0 atom stereocenters. The molecule has 1 aliphatic rings. The molecule has 3 rings (SSSR count). The second-order valence-corrected chi connectivity index (χ2v) is 6.21. The van der Waals surface area contributed by atoms with Crippen LogP contribution in [0.4, 0.5) is 5.69 Å². The number of anilines is 1. The molecule has 0 aliphatic heterocycles. The van der Waals surface area contributed by atoms with E-state index in [4.69, 9.17) is 14.2 Å². The van der Waals surface area contributed by atoms with Crippen LogP contribution in [0.2, 0.25) is 0 Å². The quantitative estimate of drug-likeness (QED) is 0.852. The molecule has 5 heteroatoms. The van der Waals surface area contributed by atoms with Gasteiger partial charge in [-0.1, -0.05) is 0 Å². The fourth-order valence-electron chi connectivity index (χ4n) is 2.93. The molecule has 5 nitrogen and oxygen atoms in total. The van der Waals surface area contributed by atoms with E-state index in [0.717, 1.165) is 28.0 Å². The Morgan fingerprint density at radius 3 is 1.88 bits per heavy atom. The summed E-state index contributed by atoms with van der Waals surface area (Å²) in [6.07, 6.45) is 4.07. The SMILES string of the molecule is COc1cc(C2=CC(c3ccc(N(C)C)cc3O)=C2)cc(OC)c1OC. The minimum atomic E-state index is 0.266. The van der Waals surface area contributed by atoms with Crippen LogP contribution in [0, 0.1) is 0 Å². The Morgan fingerprint density at radius 1 is 0.808 bits per heavy atom. The van der Waals surface area contributed by atoms with E-state index in [1.165, 1.54) is 0 Å². The van der Waals surface area contributed by atoms with Gasteiger partial charge in [-0.15, -0.1) is 0 Å². The average Bonchev–Trinajstić information content (AvgIpc) is 2.60. The number of ether oxygens (including phenoxy) is 3. The lowest BCUT2D eigenvalue weighted by molar-refractivity contribution is 0.324. The smallest absolute Gasteiger partial charge is 0.203 e. The zero-order valence-corrected chi connectivity index (χ0v) is 15.7. The number of aromatic hydroxyl groups is 1. The van der Waals surface area contributed by atoms with Crippen LogP contribution in [0.1, 0.15) is 11.1 Å². The standard InChI is InChI=1S/C21H23NO4/c1-22(2)16-6-7-17(18(23)12-16)15-8-13(9-15)14-10-19(24-3)21(26-5)20(11-14)25-4/h6-12,23H,1-5H3. The van der Waals surface area contributed by atoms with Crippen LogP contribution >= 0.6 is 0 Å². The third kappa shape index (κ3) is 3.08. The molecule has 0 aromatic heterocycles. The number of allylic oxidation sites excluding steroid dienone is 4. The molecule has 1 aliphatic carbocycles. The first-order chi connectivity index (χ1) is 12.5. The highest BCUT2D eigenvalue weighted by Crippen LogP contribution is 2.44. The van der Waals surface area contributed by atoms with Gasteiger partial charge in [0.15, 0.2) is 11.5 Å². The van der Waals surface area contributed by atoms with Crippen molar-refractivity contribution in [2.45, 2.75) is 0 Å². The van der Waals surface area contributed by atoms with Crippen LogP contribution in [0.25, 0.3) is 11.1 Å². The van der Waals surface area contributed by atoms with Crippen molar-refractivity contribution in [3.05, 3.63) is 53.6 Å². The van der Waals surface area contributed by atoms with Gasteiger partial charge in [0, 0.05) is 31.4 Å². The summed E-state index contributed by atoms with van der Waals surface area (Å²) in [6, 6.07) is 9.51. The molecule has 0 bridgehead atoms. The van der Waals surface area contributed by atoms with Gasteiger partial charge in [0.2, 0.25) is 5.75 Å². The summed E-state index contributed by atoms with van der Waals surface area (Å²) in [6.45, 7) is 0. The third-order valence-corrected chi connectivity index (χ3v) is 4.43. The zero-order valence-electron chi connectivity index (χ0n) is 15.7. The number of nitrogens with zero attached hydrogens (tertiary/aromatic N) is 1. The highest BCUT2D eigenvalue weighted by atomic mass is 16.5. The van der Waals surface area contributed by atoms with E-state index in [-0.39, 0.29) is 5.75 Å².